The Kier molecular flexibility index (Phi) is 3.82. The fraction of sp³-hybridized carbons (Fsp3) is 0.385. The molecule has 1 heterocycles. The lowest BCUT2D eigenvalue weighted by Crippen LogP contribution is -2.38. The molecule has 0 aromatic heterocycles. The molecule has 1 fully saturated rings. The summed E-state index contributed by atoms with van der Waals surface area (Å²) in [5.41, 5.74) is 1.61. The van der Waals surface area contributed by atoms with E-state index in [1.165, 1.54) is 0 Å². The number of hydrogen-bond donors (Lipinski definition) is 1. The minimum Gasteiger partial charge on any atom is -0.481 e. The number of ether oxygens (including phenoxy) is 1. The molecule has 1 aliphatic heterocycles. The number of para-hydroxylation sites is 1. The van der Waals surface area contributed by atoms with Crippen molar-refractivity contribution in [3.63, 3.8) is 0 Å². The summed E-state index contributed by atoms with van der Waals surface area (Å²) in [6, 6.07) is 7.35. The molecule has 96 valence electrons. The molecule has 0 atom stereocenters. The van der Waals surface area contributed by atoms with E-state index in [2.05, 4.69) is 0 Å². The van der Waals surface area contributed by atoms with Crippen LogP contribution < -0.4 is 4.90 Å². The van der Waals surface area contributed by atoms with Gasteiger partial charge in [0.2, 0.25) is 0 Å². The summed E-state index contributed by atoms with van der Waals surface area (Å²) in [7, 11) is 0. The van der Waals surface area contributed by atoms with Gasteiger partial charge in [0.25, 0.3) is 0 Å². The first-order valence-corrected chi connectivity index (χ1v) is 5.92. The van der Waals surface area contributed by atoms with Gasteiger partial charge in [-0.15, -0.1) is 0 Å². The van der Waals surface area contributed by atoms with Gasteiger partial charge in [-0.25, -0.2) is 4.79 Å². The predicted octanol–water partition coefficient (Wildman–Crippen LogP) is 2.05. The maximum absolute atomic E-state index is 11.7. The number of hydrogen-bond acceptors (Lipinski definition) is 3. The van der Waals surface area contributed by atoms with E-state index in [1.807, 2.05) is 24.3 Å². The molecule has 0 aliphatic carbocycles. The number of nitrogens with zero attached hydrogens (tertiary/aromatic N) is 1. The quantitative estimate of drug-likeness (QED) is 0.886. The molecule has 5 heteroatoms. The van der Waals surface area contributed by atoms with Gasteiger partial charge < -0.3 is 9.84 Å². The molecule has 0 radical (unpaired) electrons. The second kappa shape index (κ2) is 5.53. The second-order valence-corrected chi connectivity index (χ2v) is 4.14. The number of cyclic esters (lactones) is 1. The standard InChI is InChI=1S/C13H15NO4/c15-12(16)7-6-10-4-1-2-5-11(10)14-8-3-9-18-13(14)17/h1-2,4-5H,3,6-9H2,(H,15,16). The number of carbonyl (C=O) groups excluding carboxylic acids is 1. The second-order valence-electron chi connectivity index (χ2n) is 4.14. The third-order valence-corrected chi connectivity index (χ3v) is 2.86. The molecule has 0 saturated carbocycles. The number of rotatable bonds is 4. The predicted molar refractivity (Wildman–Crippen MR) is 65.7 cm³/mol. The van der Waals surface area contributed by atoms with E-state index < -0.39 is 5.97 Å². The van der Waals surface area contributed by atoms with Gasteiger partial charge in [-0.1, -0.05) is 18.2 Å². The Morgan fingerprint density at radius 2 is 2.17 bits per heavy atom. The summed E-state index contributed by atoms with van der Waals surface area (Å²) in [6.07, 6.45) is 0.901. The van der Waals surface area contributed by atoms with Crippen LogP contribution in [0, 0.1) is 0 Å². The van der Waals surface area contributed by atoms with Gasteiger partial charge in [-0.2, -0.15) is 0 Å². The molecule has 2 rings (SSSR count). The highest BCUT2D eigenvalue weighted by Gasteiger charge is 2.23. The molecule has 0 spiro atoms. The zero-order valence-corrected chi connectivity index (χ0v) is 9.96. The first kappa shape index (κ1) is 12.4. The maximum atomic E-state index is 11.7. The average Bonchev–Trinajstić information content (AvgIpc) is 2.37. The molecule has 1 aliphatic rings. The zero-order valence-electron chi connectivity index (χ0n) is 9.96. The zero-order chi connectivity index (χ0) is 13.0. The van der Waals surface area contributed by atoms with Gasteiger partial charge in [-0.05, 0) is 24.5 Å². The minimum atomic E-state index is -0.842. The van der Waals surface area contributed by atoms with Crippen LogP contribution in [0.3, 0.4) is 0 Å². The number of aryl methyl sites for hydroxylation is 1. The Hall–Kier alpha value is -2.04. The van der Waals surface area contributed by atoms with Crippen LogP contribution in [0.2, 0.25) is 0 Å². The third-order valence-electron chi connectivity index (χ3n) is 2.86. The highest BCUT2D eigenvalue weighted by Crippen LogP contribution is 2.24. The monoisotopic (exact) mass is 249 g/mol. The number of aliphatic carboxylic acids is 1. The van der Waals surface area contributed by atoms with Gasteiger partial charge in [0.15, 0.2) is 0 Å². The summed E-state index contributed by atoms with van der Waals surface area (Å²) in [5, 5.41) is 8.72. The van der Waals surface area contributed by atoms with Crippen molar-refractivity contribution in [1.29, 1.82) is 0 Å². The molecule has 1 saturated heterocycles. The van der Waals surface area contributed by atoms with E-state index in [0.717, 1.165) is 17.7 Å². The molecule has 1 amide bonds. The van der Waals surface area contributed by atoms with Gasteiger partial charge in [-0.3, -0.25) is 9.69 Å². The molecule has 5 nitrogen and oxygen atoms in total. The van der Waals surface area contributed by atoms with Crippen molar-refractivity contribution in [2.75, 3.05) is 18.1 Å². The highest BCUT2D eigenvalue weighted by molar-refractivity contribution is 5.89. The van der Waals surface area contributed by atoms with Crippen molar-refractivity contribution in [3.8, 4) is 0 Å². The lowest BCUT2D eigenvalue weighted by Gasteiger charge is -2.28. The minimum absolute atomic E-state index is 0.0555. The summed E-state index contributed by atoms with van der Waals surface area (Å²) < 4.78 is 5.00. The molecular weight excluding hydrogens is 234 g/mol. The molecule has 1 aromatic rings. The van der Waals surface area contributed by atoms with Crippen molar-refractivity contribution < 1.29 is 19.4 Å². The Morgan fingerprint density at radius 3 is 2.89 bits per heavy atom. The van der Waals surface area contributed by atoms with Crippen molar-refractivity contribution in [3.05, 3.63) is 29.8 Å². The van der Waals surface area contributed by atoms with Crippen molar-refractivity contribution >= 4 is 17.7 Å². The maximum Gasteiger partial charge on any atom is 0.414 e. The van der Waals surface area contributed by atoms with Gasteiger partial charge >= 0.3 is 12.1 Å². The Morgan fingerprint density at radius 1 is 1.39 bits per heavy atom. The SMILES string of the molecule is O=C(O)CCc1ccccc1N1CCCOC1=O. The van der Waals surface area contributed by atoms with E-state index in [1.54, 1.807) is 4.90 Å². The number of carboxylic acid groups (broad SMARTS) is 1. The largest absolute Gasteiger partial charge is 0.481 e. The summed E-state index contributed by atoms with van der Waals surface area (Å²) >= 11 is 0. The van der Waals surface area contributed by atoms with Crippen molar-refractivity contribution in [2.45, 2.75) is 19.3 Å². The number of carbonyl (C=O) groups is 2. The topological polar surface area (TPSA) is 66.8 Å². The number of anilines is 1. The first-order chi connectivity index (χ1) is 8.68. The van der Waals surface area contributed by atoms with Crippen LogP contribution in [0.25, 0.3) is 0 Å². The smallest absolute Gasteiger partial charge is 0.414 e. The molecular formula is C13H15NO4. The van der Waals surface area contributed by atoms with Crippen LogP contribution in [0.1, 0.15) is 18.4 Å². The van der Waals surface area contributed by atoms with Crippen LogP contribution in [-0.2, 0) is 16.0 Å². The third kappa shape index (κ3) is 2.80. The highest BCUT2D eigenvalue weighted by atomic mass is 16.6. The molecule has 1 aromatic carbocycles. The number of amides is 1. The van der Waals surface area contributed by atoms with E-state index in [4.69, 9.17) is 9.84 Å². The van der Waals surface area contributed by atoms with E-state index in [9.17, 15) is 9.59 Å². The molecule has 18 heavy (non-hydrogen) atoms. The summed E-state index contributed by atoms with van der Waals surface area (Å²) in [5.74, 6) is -0.842. The van der Waals surface area contributed by atoms with Gasteiger partial charge in [0, 0.05) is 13.0 Å². The van der Waals surface area contributed by atoms with E-state index in [-0.39, 0.29) is 12.5 Å². The fourth-order valence-corrected chi connectivity index (χ4v) is 2.00. The van der Waals surface area contributed by atoms with Crippen LogP contribution in [0.15, 0.2) is 24.3 Å². The molecule has 1 N–H and O–H groups in total. The van der Waals surface area contributed by atoms with Crippen molar-refractivity contribution in [1.82, 2.24) is 0 Å². The van der Waals surface area contributed by atoms with Gasteiger partial charge in [0.05, 0.1) is 12.3 Å². The molecule has 0 bridgehead atoms. The van der Waals surface area contributed by atoms with Crippen molar-refractivity contribution in [2.24, 2.45) is 0 Å². The lowest BCUT2D eigenvalue weighted by molar-refractivity contribution is -0.136. The Labute approximate surface area is 105 Å². The van der Waals surface area contributed by atoms with Crippen LogP contribution in [0.4, 0.5) is 10.5 Å². The van der Waals surface area contributed by atoms with Crippen LogP contribution in [0.5, 0.6) is 0 Å². The first-order valence-electron chi connectivity index (χ1n) is 5.92. The average molecular weight is 249 g/mol. The Balaban J connectivity index is 2.20. The van der Waals surface area contributed by atoms with Gasteiger partial charge in [0.1, 0.15) is 0 Å². The van der Waals surface area contributed by atoms with E-state index >= 15 is 0 Å². The lowest BCUT2D eigenvalue weighted by atomic mass is 10.1. The normalized spacial score (nSPS) is 15.3. The van der Waals surface area contributed by atoms with Crippen LogP contribution >= 0.6 is 0 Å². The number of benzene rings is 1. The number of carboxylic acids is 1. The summed E-state index contributed by atoms with van der Waals surface area (Å²) in [6.45, 7) is 1.07. The fourth-order valence-electron chi connectivity index (χ4n) is 2.00. The van der Waals surface area contributed by atoms with E-state index in [0.29, 0.717) is 19.6 Å². The van der Waals surface area contributed by atoms with Crippen LogP contribution in [-0.4, -0.2) is 30.3 Å². The Bertz CT molecular complexity index is 458. The molecule has 0 unspecified atom stereocenters. The summed E-state index contributed by atoms with van der Waals surface area (Å²) in [4.78, 5) is 23.9.